The van der Waals surface area contributed by atoms with Crippen LogP contribution in [0.4, 0.5) is 5.82 Å². The van der Waals surface area contributed by atoms with Crippen LogP contribution in [0.2, 0.25) is 5.02 Å². The second-order valence-electron chi connectivity index (χ2n) is 5.32. The number of nitriles is 1. The fraction of sp³-hybridized carbons (Fsp3) is 0.118. The van der Waals surface area contributed by atoms with E-state index in [-0.39, 0.29) is 17.3 Å². The van der Waals surface area contributed by atoms with Gasteiger partial charge in [-0.25, -0.2) is 9.97 Å². The first kappa shape index (κ1) is 16.6. The summed E-state index contributed by atoms with van der Waals surface area (Å²) in [6, 6.07) is 10.5. The average molecular weight is 353 g/mol. The van der Waals surface area contributed by atoms with Crippen LogP contribution < -0.4 is 5.32 Å². The molecule has 0 aliphatic rings. The Hall–Kier alpha value is -3.24. The number of rotatable bonds is 3. The molecule has 0 saturated carbocycles. The van der Waals surface area contributed by atoms with Gasteiger partial charge in [-0.3, -0.25) is 4.79 Å². The maximum absolute atomic E-state index is 12.5. The fourth-order valence-corrected chi connectivity index (χ4v) is 2.55. The smallest absolute Gasteiger partial charge is 0.258 e. The van der Waals surface area contributed by atoms with Crippen molar-refractivity contribution >= 4 is 23.3 Å². The molecule has 7 nitrogen and oxygen atoms in total. The van der Waals surface area contributed by atoms with Crippen LogP contribution in [0, 0.1) is 25.2 Å². The third-order valence-electron chi connectivity index (χ3n) is 3.40. The van der Waals surface area contributed by atoms with Gasteiger partial charge in [0.15, 0.2) is 5.82 Å². The van der Waals surface area contributed by atoms with Crippen LogP contribution in [0.1, 0.15) is 27.3 Å². The summed E-state index contributed by atoms with van der Waals surface area (Å²) in [5.74, 6) is 0.0131. The zero-order valence-corrected chi connectivity index (χ0v) is 14.2. The summed E-state index contributed by atoms with van der Waals surface area (Å²) in [4.78, 5) is 21.2. The summed E-state index contributed by atoms with van der Waals surface area (Å²) >= 11 is 6.06. The summed E-state index contributed by atoms with van der Waals surface area (Å²) in [7, 11) is 0. The number of benzene rings is 1. The van der Waals surface area contributed by atoms with Crippen molar-refractivity contribution in [2.75, 3.05) is 5.32 Å². The van der Waals surface area contributed by atoms with Crippen LogP contribution in [0.5, 0.6) is 0 Å². The minimum atomic E-state index is -0.451. The highest BCUT2D eigenvalue weighted by Crippen LogP contribution is 2.21. The Labute approximate surface area is 148 Å². The molecule has 2 heterocycles. The van der Waals surface area contributed by atoms with Gasteiger partial charge < -0.3 is 5.32 Å². The Morgan fingerprint density at radius 2 is 1.92 bits per heavy atom. The fourth-order valence-electron chi connectivity index (χ4n) is 2.32. The van der Waals surface area contributed by atoms with E-state index in [4.69, 9.17) is 11.6 Å². The number of nitrogens with one attached hydrogen (secondary N) is 1. The van der Waals surface area contributed by atoms with E-state index in [9.17, 15) is 10.1 Å². The van der Waals surface area contributed by atoms with E-state index < -0.39 is 5.91 Å². The maximum Gasteiger partial charge on any atom is 0.258 e. The van der Waals surface area contributed by atoms with Crippen molar-refractivity contribution in [3.8, 4) is 12.0 Å². The molecule has 124 valence electrons. The highest BCUT2D eigenvalue weighted by molar-refractivity contribution is 6.34. The highest BCUT2D eigenvalue weighted by atomic mass is 35.5. The number of carbonyl (C=O) groups is 1. The van der Waals surface area contributed by atoms with E-state index in [1.807, 2.05) is 26.0 Å². The maximum atomic E-state index is 12.5. The van der Waals surface area contributed by atoms with Crippen LogP contribution >= 0.6 is 11.6 Å². The summed E-state index contributed by atoms with van der Waals surface area (Å²) < 4.78 is 1.33. The van der Waals surface area contributed by atoms with Crippen molar-refractivity contribution in [3.05, 3.63) is 64.1 Å². The molecule has 0 spiro atoms. The number of amides is 1. The van der Waals surface area contributed by atoms with E-state index >= 15 is 0 Å². The Morgan fingerprint density at radius 1 is 1.24 bits per heavy atom. The molecule has 0 atom stereocenters. The summed E-state index contributed by atoms with van der Waals surface area (Å²) in [5, 5.41) is 16.4. The standard InChI is InChI=1S/C17H13ClN6O/c1-10-7-11(2)22-17(21-10)24-15(12(8-19)9-20-24)23-16(25)13-5-3-4-6-14(13)18/h3-7,9H,1-2H3,(H,23,25). The minimum Gasteiger partial charge on any atom is -0.305 e. The first-order valence-electron chi connectivity index (χ1n) is 7.36. The van der Waals surface area contributed by atoms with Crippen LogP contribution in [0.25, 0.3) is 5.95 Å². The van der Waals surface area contributed by atoms with Crippen LogP contribution in [0.15, 0.2) is 36.5 Å². The summed E-state index contributed by atoms with van der Waals surface area (Å²) in [6.07, 6.45) is 1.35. The van der Waals surface area contributed by atoms with Gasteiger partial charge in [0.25, 0.3) is 11.9 Å². The van der Waals surface area contributed by atoms with E-state index in [2.05, 4.69) is 20.4 Å². The van der Waals surface area contributed by atoms with Crippen molar-refractivity contribution < 1.29 is 4.79 Å². The highest BCUT2D eigenvalue weighted by Gasteiger charge is 2.19. The largest absolute Gasteiger partial charge is 0.305 e. The Morgan fingerprint density at radius 3 is 2.56 bits per heavy atom. The Bertz CT molecular complexity index is 984. The molecule has 0 fully saturated rings. The Kier molecular flexibility index (Phi) is 4.46. The van der Waals surface area contributed by atoms with Gasteiger partial charge in [-0.15, -0.1) is 0 Å². The van der Waals surface area contributed by atoms with Gasteiger partial charge in [0.1, 0.15) is 11.6 Å². The number of nitrogens with zero attached hydrogens (tertiary/aromatic N) is 5. The molecule has 1 aromatic carbocycles. The molecule has 1 amide bonds. The second kappa shape index (κ2) is 6.71. The van der Waals surface area contributed by atoms with Crippen molar-refractivity contribution in [2.45, 2.75) is 13.8 Å². The van der Waals surface area contributed by atoms with Gasteiger partial charge in [-0.05, 0) is 32.0 Å². The lowest BCUT2D eigenvalue weighted by molar-refractivity contribution is 0.102. The zero-order valence-electron chi connectivity index (χ0n) is 13.5. The normalized spacial score (nSPS) is 10.3. The molecular formula is C17H13ClN6O. The number of carbonyl (C=O) groups excluding carboxylic acids is 1. The SMILES string of the molecule is Cc1cc(C)nc(-n2ncc(C#N)c2NC(=O)c2ccccc2Cl)n1. The molecule has 0 radical (unpaired) electrons. The van der Waals surface area contributed by atoms with E-state index in [0.29, 0.717) is 10.6 Å². The van der Waals surface area contributed by atoms with Crippen LogP contribution in [0.3, 0.4) is 0 Å². The third-order valence-corrected chi connectivity index (χ3v) is 3.73. The van der Waals surface area contributed by atoms with Gasteiger partial charge in [-0.1, -0.05) is 23.7 Å². The predicted molar refractivity (Wildman–Crippen MR) is 92.7 cm³/mol. The summed E-state index contributed by atoms with van der Waals surface area (Å²) in [5.41, 5.74) is 1.99. The number of anilines is 1. The molecule has 3 aromatic rings. The topological polar surface area (TPSA) is 96.5 Å². The van der Waals surface area contributed by atoms with Crippen molar-refractivity contribution in [2.24, 2.45) is 0 Å². The molecule has 3 rings (SSSR count). The van der Waals surface area contributed by atoms with Crippen molar-refractivity contribution in [1.29, 1.82) is 5.26 Å². The third kappa shape index (κ3) is 3.34. The molecule has 2 aromatic heterocycles. The molecule has 25 heavy (non-hydrogen) atoms. The van der Waals surface area contributed by atoms with E-state index in [1.165, 1.54) is 10.9 Å². The molecule has 0 saturated heterocycles. The van der Waals surface area contributed by atoms with Crippen molar-refractivity contribution in [1.82, 2.24) is 19.7 Å². The molecule has 0 bridgehead atoms. The predicted octanol–water partition coefficient (Wildman–Crippen LogP) is 3.06. The van der Waals surface area contributed by atoms with Crippen LogP contribution in [-0.2, 0) is 0 Å². The summed E-state index contributed by atoms with van der Waals surface area (Å²) in [6.45, 7) is 3.66. The molecule has 0 unspecified atom stereocenters. The van der Waals surface area contributed by atoms with Gasteiger partial charge in [0.05, 0.1) is 16.8 Å². The molecule has 1 N–H and O–H groups in total. The van der Waals surface area contributed by atoms with Gasteiger partial charge in [0.2, 0.25) is 0 Å². The van der Waals surface area contributed by atoms with Gasteiger partial charge in [-0.2, -0.15) is 15.0 Å². The van der Waals surface area contributed by atoms with Crippen LogP contribution in [-0.4, -0.2) is 25.7 Å². The first-order chi connectivity index (χ1) is 12.0. The Balaban J connectivity index is 2.04. The molecule has 0 aliphatic carbocycles. The molecule has 8 heteroatoms. The van der Waals surface area contributed by atoms with E-state index in [1.54, 1.807) is 24.3 Å². The first-order valence-corrected chi connectivity index (χ1v) is 7.74. The molecular weight excluding hydrogens is 340 g/mol. The second-order valence-corrected chi connectivity index (χ2v) is 5.72. The zero-order chi connectivity index (χ0) is 18.0. The number of aromatic nitrogens is 4. The van der Waals surface area contributed by atoms with Crippen molar-refractivity contribution in [3.63, 3.8) is 0 Å². The number of hydrogen-bond donors (Lipinski definition) is 1. The average Bonchev–Trinajstić information content (AvgIpc) is 2.97. The van der Waals surface area contributed by atoms with Gasteiger partial charge >= 0.3 is 0 Å². The number of hydrogen-bond acceptors (Lipinski definition) is 5. The lowest BCUT2D eigenvalue weighted by atomic mass is 10.2. The quantitative estimate of drug-likeness (QED) is 0.781. The number of aryl methyl sites for hydroxylation is 2. The van der Waals surface area contributed by atoms with Gasteiger partial charge in [0, 0.05) is 11.4 Å². The van der Waals surface area contributed by atoms with E-state index in [0.717, 1.165) is 11.4 Å². The lowest BCUT2D eigenvalue weighted by Gasteiger charge is -2.10. The molecule has 0 aliphatic heterocycles. The number of halogens is 1. The minimum absolute atomic E-state index is 0.192. The monoisotopic (exact) mass is 352 g/mol. The lowest BCUT2D eigenvalue weighted by Crippen LogP contribution is -2.17.